The Labute approximate surface area is 125 Å². The average Bonchev–Trinajstić information content (AvgIpc) is 3.22. The topological polar surface area (TPSA) is 66.8 Å². The first-order chi connectivity index (χ1) is 10.7. The number of carbonyl (C=O) groups excluding carboxylic acids is 1. The van der Waals surface area contributed by atoms with E-state index in [1.807, 2.05) is 0 Å². The summed E-state index contributed by atoms with van der Waals surface area (Å²) in [5.74, 6) is -0.436. The number of halogens is 1. The zero-order valence-electron chi connectivity index (χ0n) is 11.5. The molecule has 1 N–H and O–H groups in total. The second-order valence-electron chi connectivity index (χ2n) is 5.16. The average molecular weight is 297 g/mol. The lowest BCUT2D eigenvalue weighted by atomic mass is 10.3. The van der Waals surface area contributed by atoms with Gasteiger partial charge < -0.3 is 4.90 Å². The first-order valence-electron chi connectivity index (χ1n) is 6.81. The van der Waals surface area contributed by atoms with Crippen molar-refractivity contribution in [2.45, 2.75) is 13.1 Å². The van der Waals surface area contributed by atoms with Crippen molar-refractivity contribution < 1.29 is 9.18 Å². The predicted molar refractivity (Wildman–Crippen MR) is 75.7 cm³/mol. The number of imidazole rings is 1. The molecular weight excluding hydrogens is 285 g/mol. The van der Waals surface area contributed by atoms with Gasteiger partial charge in [-0.25, -0.2) is 9.37 Å². The Morgan fingerprint density at radius 3 is 2.77 bits per heavy atom. The number of benzene rings is 1. The van der Waals surface area contributed by atoms with E-state index in [0.717, 1.165) is 11.3 Å². The SMILES string of the molecule is O=C(c1cncn1-c1ccc(F)cc1)N1Cc2cn[nH]c2C1. The number of hydrogen-bond donors (Lipinski definition) is 1. The standard InChI is InChI=1S/C15H12FN5O/c16-11-1-3-12(4-2-11)21-9-17-6-14(21)15(22)20-7-10-5-18-19-13(10)8-20/h1-6,9H,7-8H2,(H,18,19). The molecule has 22 heavy (non-hydrogen) atoms. The van der Waals surface area contributed by atoms with E-state index < -0.39 is 0 Å². The fourth-order valence-electron chi connectivity index (χ4n) is 2.63. The van der Waals surface area contributed by atoms with Crippen LogP contribution in [0.1, 0.15) is 21.7 Å². The van der Waals surface area contributed by atoms with E-state index in [2.05, 4.69) is 15.2 Å². The van der Waals surface area contributed by atoms with Crippen molar-refractivity contribution in [2.24, 2.45) is 0 Å². The number of carbonyl (C=O) groups is 1. The van der Waals surface area contributed by atoms with Gasteiger partial charge in [0, 0.05) is 17.8 Å². The minimum Gasteiger partial charge on any atom is -0.327 e. The molecule has 2 aromatic heterocycles. The van der Waals surface area contributed by atoms with Gasteiger partial charge in [0.15, 0.2) is 0 Å². The number of H-pyrrole nitrogens is 1. The molecule has 3 heterocycles. The summed E-state index contributed by atoms with van der Waals surface area (Å²) < 4.78 is 14.7. The van der Waals surface area contributed by atoms with Gasteiger partial charge in [0.2, 0.25) is 0 Å². The summed E-state index contributed by atoms with van der Waals surface area (Å²) in [5.41, 5.74) is 3.13. The van der Waals surface area contributed by atoms with E-state index in [0.29, 0.717) is 24.5 Å². The maximum atomic E-state index is 13.0. The number of amides is 1. The Morgan fingerprint density at radius 1 is 1.18 bits per heavy atom. The molecule has 0 fully saturated rings. The number of fused-ring (bicyclic) bond motifs is 1. The minimum atomic E-state index is -0.317. The van der Waals surface area contributed by atoms with E-state index in [9.17, 15) is 9.18 Å². The third kappa shape index (κ3) is 1.98. The Hall–Kier alpha value is -2.96. The van der Waals surface area contributed by atoms with Crippen LogP contribution in [0.15, 0.2) is 43.0 Å². The highest BCUT2D eigenvalue weighted by molar-refractivity contribution is 5.93. The number of rotatable bonds is 2. The Morgan fingerprint density at radius 2 is 2.00 bits per heavy atom. The molecule has 1 amide bonds. The van der Waals surface area contributed by atoms with E-state index in [4.69, 9.17) is 0 Å². The van der Waals surface area contributed by atoms with Crippen LogP contribution in [0, 0.1) is 5.82 Å². The summed E-state index contributed by atoms with van der Waals surface area (Å²) in [6.07, 6.45) is 4.81. The second kappa shape index (κ2) is 4.80. The maximum absolute atomic E-state index is 13.0. The summed E-state index contributed by atoms with van der Waals surface area (Å²) in [4.78, 5) is 18.5. The van der Waals surface area contributed by atoms with Crippen LogP contribution >= 0.6 is 0 Å². The molecule has 4 rings (SSSR count). The number of aromatic amines is 1. The highest BCUT2D eigenvalue weighted by atomic mass is 19.1. The predicted octanol–water partition coefficient (Wildman–Crippen LogP) is 1.89. The molecule has 110 valence electrons. The first kappa shape index (κ1) is 12.8. The first-order valence-corrected chi connectivity index (χ1v) is 6.81. The fourth-order valence-corrected chi connectivity index (χ4v) is 2.63. The van der Waals surface area contributed by atoms with Gasteiger partial charge in [-0.2, -0.15) is 5.10 Å². The Kier molecular flexibility index (Phi) is 2.78. The van der Waals surface area contributed by atoms with E-state index in [1.54, 1.807) is 34.1 Å². The van der Waals surface area contributed by atoms with Crippen molar-refractivity contribution in [3.05, 3.63) is 65.8 Å². The smallest absolute Gasteiger partial charge is 0.273 e. The van der Waals surface area contributed by atoms with Crippen molar-refractivity contribution in [1.82, 2.24) is 24.6 Å². The third-order valence-electron chi connectivity index (χ3n) is 3.77. The summed E-state index contributed by atoms with van der Waals surface area (Å²) in [6, 6.07) is 5.94. The molecule has 0 atom stereocenters. The molecule has 1 aliphatic rings. The van der Waals surface area contributed by atoms with Gasteiger partial charge in [-0.15, -0.1) is 0 Å². The summed E-state index contributed by atoms with van der Waals surface area (Å²) in [7, 11) is 0. The van der Waals surface area contributed by atoms with Crippen LogP contribution in [0.4, 0.5) is 4.39 Å². The number of aromatic nitrogens is 4. The van der Waals surface area contributed by atoms with Gasteiger partial charge in [-0.3, -0.25) is 14.5 Å². The molecular formula is C15H12FN5O. The quantitative estimate of drug-likeness (QED) is 0.785. The summed E-state index contributed by atoms with van der Waals surface area (Å²) in [6.45, 7) is 1.03. The zero-order chi connectivity index (χ0) is 15.1. The van der Waals surface area contributed by atoms with Crippen LogP contribution in [0.3, 0.4) is 0 Å². The van der Waals surface area contributed by atoms with Crippen LogP contribution in [-0.2, 0) is 13.1 Å². The van der Waals surface area contributed by atoms with Gasteiger partial charge in [-0.1, -0.05) is 0 Å². The molecule has 0 bridgehead atoms. The van der Waals surface area contributed by atoms with Gasteiger partial charge in [-0.05, 0) is 24.3 Å². The number of hydrogen-bond acceptors (Lipinski definition) is 3. The van der Waals surface area contributed by atoms with Gasteiger partial charge in [0.25, 0.3) is 5.91 Å². The lowest BCUT2D eigenvalue weighted by molar-refractivity contribution is 0.0741. The van der Waals surface area contributed by atoms with Crippen molar-refractivity contribution in [1.29, 1.82) is 0 Å². The van der Waals surface area contributed by atoms with Gasteiger partial charge in [0.1, 0.15) is 11.5 Å². The summed E-state index contributed by atoms with van der Waals surface area (Å²) >= 11 is 0. The summed E-state index contributed by atoms with van der Waals surface area (Å²) in [5, 5.41) is 6.85. The molecule has 0 spiro atoms. The normalized spacial score (nSPS) is 13.4. The van der Waals surface area contributed by atoms with Crippen LogP contribution in [-0.4, -0.2) is 30.6 Å². The number of nitrogens with zero attached hydrogens (tertiary/aromatic N) is 4. The third-order valence-corrected chi connectivity index (χ3v) is 3.77. The van der Waals surface area contributed by atoms with E-state index in [1.165, 1.54) is 18.3 Å². The number of nitrogens with one attached hydrogen (secondary N) is 1. The highest BCUT2D eigenvalue weighted by Crippen LogP contribution is 2.23. The van der Waals surface area contributed by atoms with Crippen molar-refractivity contribution in [3.63, 3.8) is 0 Å². The van der Waals surface area contributed by atoms with E-state index >= 15 is 0 Å². The molecule has 7 heteroatoms. The van der Waals surface area contributed by atoms with Gasteiger partial charge in [0.05, 0.1) is 31.0 Å². The second-order valence-corrected chi connectivity index (χ2v) is 5.16. The molecule has 1 aliphatic heterocycles. The largest absolute Gasteiger partial charge is 0.327 e. The van der Waals surface area contributed by atoms with Crippen LogP contribution in [0.5, 0.6) is 0 Å². The Bertz CT molecular complexity index is 815. The van der Waals surface area contributed by atoms with Crippen molar-refractivity contribution >= 4 is 5.91 Å². The lowest BCUT2D eigenvalue weighted by Gasteiger charge is -2.16. The Balaban J connectivity index is 1.64. The van der Waals surface area contributed by atoms with Gasteiger partial charge >= 0.3 is 0 Å². The molecule has 0 radical (unpaired) electrons. The van der Waals surface area contributed by atoms with Crippen LogP contribution in [0.25, 0.3) is 5.69 Å². The maximum Gasteiger partial charge on any atom is 0.273 e. The molecule has 0 aliphatic carbocycles. The van der Waals surface area contributed by atoms with Crippen molar-refractivity contribution in [3.8, 4) is 5.69 Å². The lowest BCUT2D eigenvalue weighted by Crippen LogP contribution is -2.27. The van der Waals surface area contributed by atoms with Crippen molar-refractivity contribution in [2.75, 3.05) is 0 Å². The molecule has 0 saturated heterocycles. The molecule has 6 nitrogen and oxygen atoms in total. The van der Waals surface area contributed by atoms with Crippen LogP contribution < -0.4 is 0 Å². The van der Waals surface area contributed by atoms with E-state index in [-0.39, 0.29) is 11.7 Å². The molecule has 3 aromatic rings. The zero-order valence-corrected chi connectivity index (χ0v) is 11.5. The molecule has 1 aromatic carbocycles. The fraction of sp³-hybridized carbons (Fsp3) is 0.133. The molecule has 0 saturated carbocycles. The minimum absolute atomic E-state index is 0.119. The molecule has 0 unspecified atom stereocenters. The van der Waals surface area contributed by atoms with Crippen LogP contribution in [0.2, 0.25) is 0 Å². The monoisotopic (exact) mass is 297 g/mol. The highest BCUT2D eigenvalue weighted by Gasteiger charge is 2.27.